The van der Waals surface area contributed by atoms with Crippen molar-refractivity contribution in [1.82, 2.24) is 10.2 Å². The molecule has 0 aliphatic carbocycles. The fraction of sp³-hybridized carbons (Fsp3) is 0.875. The molecule has 2 amide bonds. The van der Waals surface area contributed by atoms with Crippen molar-refractivity contribution in [3.8, 4) is 0 Å². The molecule has 5 nitrogen and oxygen atoms in total. The molecule has 0 aromatic rings. The number of nitrogens with one attached hydrogen (secondary N) is 1. The van der Waals surface area contributed by atoms with Crippen LogP contribution in [-0.4, -0.2) is 47.6 Å². The van der Waals surface area contributed by atoms with E-state index in [1.54, 1.807) is 4.90 Å². The van der Waals surface area contributed by atoms with Crippen LogP contribution in [0.5, 0.6) is 0 Å². The van der Waals surface area contributed by atoms with Gasteiger partial charge in [0.25, 0.3) is 0 Å². The zero-order chi connectivity index (χ0) is 15.6. The molecule has 2 aliphatic heterocycles. The van der Waals surface area contributed by atoms with Gasteiger partial charge in [-0.1, -0.05) is 20.8 Å². The van der Waals surface area contributed by atoms with Gasteiger partial charge in [-0.2, -0.15) is 0 Å². The minimum Gasteiger partial charge on any atom is -0.373 e. The summed E-state index contributed by atoms with van der Waals surface area (Å²) in [5.74, 6) is 0.407. The van der Waals surface area contributed by atoms with Crippen LogP contribution in [0.1, 0.15) is 53.4 Å². The van der Waals surface area contributed by atoms with Crippen LogP contribution in [-0.2, 0) is 14.3 Å². The monoisotopic (exact) mass is 296 g/mol. The zero-order valence-electron chi connectivity index (χ0n) is 13.6. The van der Waals surface area contributed by atoms with Crippen molar-refractivity contribution in [3.63, 3.8) is 0 Å². The van der Waals surface area contributed by atoms with E-state index in [0.29, 0.717) is 25.3 Å². The number of ether oxygens (including phenoxy) is 1. The molecule has 4 atom stereocenters. The Morgan fingerprint density at radius 1 is 1.33 bits per heavy atom. The van der Waals surface area contributed by atoms with Crippen molar-refractivity contribution in [2.24, 2.45) is 5.92 Å². The Balaban J connectivity index is 2.12. The van der Waals surface area contributed by atoms with Crippen LogP contribution in [0.25, 0.3) is 0 Å². The molecule has 2 heterocycles. The van der Waals surface area contributed by atoms with Crippen LogP contribution >= 0.6 is 0 Å². The van der Waals surface area contributed by atoms with Gasteiger partial charge in [0.05, 0.1) is 12.2 Å². The molecule has 4 unspecified atom stereocenters. The van der Waals surface area contributed by atoms with E-state index < -0.39 is 0 Å². The molecule has 0 bridgehead atoms. The molecule has 1 N–H and O–H groups in total. The average molecular weight is 296 g/mol. The Kier molecular flexibility index (Phi) is 5.25. The third kappa shape index (κ3) is 3.76. The number of hydrogen-bond acceptors (Lipinski definition) is 3. The van der Waals surface area contributed by atoms with Gasteiger partial charge in [-0.3, -0.25) is 9.59 Å². The number of nitrogens with zero attached hydrogens (tertiary/aromatic N) is 1. The Morgan fingerprint density at radius 3 is 2.57 bits per heavy atom. The summed E-state index contributed by atoms with van der Waals surface area (Å²) < 4.78 is 5.84. The van der Waals surface area contributed by atoms with Crippen LogP contribution in [0, 0.1) is 5.92 Å². The smallest absolute Gasteiger partial charge is 0.245 e. The highest BCUT2D eigenvalue weighted by molar-refractivity contribution is 5.96. The topological polar surface area (TPSA) is 58.6 Å². The van der Waals surface area contributed by atoms with E-state index in [1.165, 1.54) is 0 Å². The largest absolute Gasteiger partial charge is 0.373 e. The highest BCUT2D eigenvalue weighted by atomic mass is 16.5. The summed E-state index contributed by atoms with van der Waals surface area (Å²) in [7, 11) is 0. The molecule has 21 heavy (non-hydrogen) atoms. The third-order valence-electron chi connectivity index (χ3n) is 4.40. The lowest BCUT2D eigenvalue weighted by molar-refractivity contribution is -0.152. The van der Waals surface area contributed by atoms with Gasteiger partial charge in [0.1, 0.15) is 12.1 Å². The molecule has 0 spiro atoms. The van der Waals surface area contributed by atoms with Crippen LogP contribution in [0.15, 0.2) is 0 Å². The zero-order valence-corrected chi connectivity index (χ0v) is 13.6. The molecule has 2 saturated heterocycles. The second-order valence-corrected chi connectivity index (χ2v) is 6.75. The van der Waals surface area contributed by atoms with Gasteiger partial charge in [-0.25, -0.2) is 0 Å². The number of carbonyl (C=O) groups excluding carboxylic acids is 2. The van der Waals surface area contributed by atoms with Crippen LogP contribution < -0.4 is 5.32 Å². The maximum Gasteiger partial charge on any atom is 0.245 e. The summed E-state index contributed by atoms with van der Waals surface area (Å²) in [6, 6.07) is -0.723. The molecular formula is C16H28N2O3. The Morgan fingerprint density at radius 2 is 2.05 bits per heavy atom. The summed E-state index contributed by atoms with van der Waals surface area (Å²) >= 11 is 0. The Hall–Kier alpha value is -1.10. The molecule has 0 radical (unpaired) electrons. The van der Waals surface area contributed by atoms with Crippen molar-refractivity contribution in [3.05, 3.63) is 0 Å². The fourth-order valence-corrected chi connectivity index (χ4v) is 3.24. The predicted molar refractivity (Wildman–Crippen MR) is 80.7 cm³/mol. The van der Waals surface area contributed by atoms with E-state index in [4.69, 9.17) is 4.74 Å². The van der Waals surface area contributed by atoms with E-state index in [1.807, 2.05) is 6.92 Å². The second-order valence-electron chi connectivity index (χ2n) is 6.75. The molecule has 2 fully saturated rings. The first kappa shape index (κ1) is 16.3. The second kappa shape index (κ2) is 6.77. The van der Waals surface area contributed by atoms with Gasteiger partial charge < -0.3 is 15.0 Å². The van der Waals surface area contributed by atoms with Crippen molar-refractivity contribution in [2.75, 3.05) is 6.54 Å². The first-order valence-corrected chi connectivity index (χ1v) is 8.18. The van der Waals surface area contributed by atoms with E-state index in [0.717, 1.165) is 12.8 Å². The lowest BCUT2D eigenvalue weighted by Gasteiger charge is -2.40. The van der Waals surface area contributed by atoms with Crippen LogP contribution in [0.2, 0.25) is 0 Å². The van der Waals surface area contributed by atoms with Gasteiger partial charge >= 0.3 is 0 Å². The van der Waals surface area contributed by atoms with Crippen molar-refractivity contribution in [2.45, 2.75) is 77.7 Å². The summed E-state index contributed by atoms with van der Waals surface area (Å²) in [4.78, 5) is 26.7. The molecule has 2 rings (SSSR count). The number of carbonyl (C=O) groups is 2. The fourth-order valence-electron chi connectivity index (χ4n) is 3.24. The molecule has 0 aromatic heterocycles. The quantitative estimate of drug-likeness (QED) is 0.840. The average Bonchev–Trinajstić information content (AvgIpc) is 2.82. The highest BCUT2D eigenvalue weighted by Gasteiger charge is 2.41. The molecule has 5 heteroatoms. The van der Waals surface area contributed by atoms with E-state index in [9.17, 15) is 9.59 Å². The third-order valence-corrected chi connectivity index (χ3v) is 4.40. The standard InChI is InChI=1S/C16H28N2O3/c1-5-13-16(20)18(9-12-7-6-11(4)21-12)14(8-10(2)3)15(19)17-13/h10-14H,5-9H2,1-4H3,(H,17,19). The highest BCUT2D eigenvalue weighted by Crippen LogP contribution is 2.24. The number of rotatable bonds is 5. The molecular weight excluding hydrogens is 268 g/mol. The first-order chi connectivity index (χ1) is 9.92. The van der Waals surface area contributed by atoms with Crippen LogP contribution in [0.3, 0.4) is 0 Å². The summed E-state index contributed by atoms with van der Waals surface area (Å²) in [6.07, 6.45) is 3.67. The normalized spacial score (nSPS) is 33.7. The van der Waals surface area contributed by atoms with Crippen molar-refractivity contribution < 1.29 is 14.3 Å². The van der Waals surface area contributed by atoms with Gasteiger partial charge in [-0.15, -0.1) is 0 Å². The SMILES string of the molecule is CCC1NC(=O)C(CC(C)C)N(CC2CCC(C)O2)C1=O. The van der Waals surface area contributed by atoms with Gasteiger partial charge in [0.15, 0.2) is 0 Å². The molecule has 0 saturated carbocycles. The minimum absolute atomic E-state index is 0.0128. The van der Waals surface area contributed by atoms with Crippen molar-refractivity contribution >= 4 is 11.8 Å². The van der Waals surface area contributed by atoms with E-state index >= 15 is 0 Å². The lowest BCUT2D eigenvalue weighted by atomic mass is 9.96. The van der Waals surface area contributed by atoms with Crippen molar-refractivity contribution in [1.29, 1.82) is 0 Å². The number of piperazine rings is 1. The van der Waals surface area contributed by atoms with Gasteiger partial charge in [0.2, 0.25) is 11.8 Å². The summed E-state index contributed by atoms with van der Waals surface area (Å²) in [6.45, 7) is 8.69. The predicted octanol–water partition coefficient (Wildman–Crippen LogP) is 1.71. The van der Waals surface area contributed by atoms with Crippen LogP contribution in [0.4, 0.5) is 0 Å². The van der Waals surface area contributed by atoms with E-state index in [2.05, 4.69) is 26.1 Å². The minimum atomic E-state index is -0.375. The number of hydrogen-bond donors (Lipinski definition) is 1. The first-order valence-electron chi connectivity index (χ1n) is 8.18. The molecule has 2 aliphatic rings. The Labute approximate surface area is 127 Å². The Bertz CT molecular complexity index is 397. The summed E-state index contributed by atoms with van der Waals surface area (Å²) in [5.41, 5.74) is 0. The molecule has 0 aromatic carbocycles. The lowest BCUT2D eigenvalue weighted by Crippen LogP contribution is -2.64. The van der Waals surface area contributed by atoms with E-state index in [-0.39, 0.29) is 36.1 Å². The summed E-state index contributed by atoms with van der Waals surface area (Å²) in [5, 5.41) is 2.86. The maximum atomic E-state index is 12.6. The maximum absolute atomic E-state index is 12.6. The van der Waals surface area contributed by atoms with Gasteiger partial charge in [-0.05, 0) is 38.5 Å². The van der Waals surface area contributed by atoms with Gasteiger partial charge in [0, 0.05) is 6.54 Å². The molecule has 120 valence electrons. The number of amides is 2.